The molecule has 0 saturated carbocycles. The molecule has 2 aromatic heterocycles. The van der Waals surface area contributed by atoms with E-state index in [4.69, 9.17) is 0 Å². The van der Waals surface area contributed by atoms with Crippen LogP contribution in [0.5, 0.6) is 0 Å². The van der Waals surface area contributed by atoms with Gasteiger partial charge >= 0.3 is 0 Å². The second kappa shape index (κ2) is 5.87. The molecule has 0 atom stereocenters. The van der Waals surface area contributed by atoms with Gasteiger partial charge in [0.05, 0.1) is 16.9 Å². The van der Waals surface area contributed by atoms with E-state index in [1.54, 1.807) is 18.2 Å². The topological polar surface area (TPSA) is 53.9 Å². The number of hydrogen-bond acceptors (Lipinski definition) is 3. The summed E-state index contributed by atoms with van der Waals surface area (Å²) < 4.78 is 16.0. The van der Waals surface area contributed by atoms with E-state index in [9.17, 15) is 9.18 Å². The Labute approximate surface area is 138 Å². The maximum Gasteiger partial charge on any atom is 0.189 e. The molecule has 0 fully saturated rings. The maximum atomic E-state index is 14.0. The Hall–Kier alpha value is -2.47. The minimum Gasteiger partial charge on any atom is -0.355 e. The van der Waals surface area contributed by atoms with Crippen LogP contribution in [0.3, 0.4) is 0 Å². The zero-order valence-electron chi connectivity index (χ0n) is 13.6. The van der Waals surface area contributed by atoms with Crippen LogP contribution < -0.4 is 5.43 Å². The van der Waals surface area contributed by atoms with Crippen molar-refractivity contribution in [2.24, 2.45) is 0 Å². The van der Waals surface area contributed by atoms with Crippen molar-refractivity contribution < 1.29 is 4.39 Å². The summed E-state index contributed by atoms with van der Waals surface area (Å²) >= 11 is 0. The van der Waals surface area contributed by atoms with Gasteiger partial charge < -0.3 is 4.98 Å². The summed E-state index contributed by atoms with van der Waals surface area (Å²) in [7, 11) is 0. The number of aromatic nitrogens is 3. The van der Waals surface area contributed by atoms with Crippen LogP contribution >= 0.6 is 0 Å². The lowest BCUT2D eigenvalue weighted by molar-refractivity contribution is 0.258. The number of fused-ring (bicyclic) bond motifs is 2. The molecule has 24 heavy (non-hydrogen) atoms. The quantitative estimate of drug-likeness (QED) is 0.787. The SMILES string of the molecule is Cc1cc2n(n1)CCCN(Cc1cc(=O)c3cccc(F)c3[nH]1)C2. The van der Waals surface area contributed by atoms with Crippen molar-refractivity contribution in [3.8, 4) is 0 Å². The van der Waals surface area contributed by atoms with Crippen LogP contribution in [0.15, 0.2) is 35.1 Å². The van der Waals surface area contributed by atoms with Crippen LogP contribution in [0.4, 0.5) is 4.39 Å². The molecule has 0 aliphatic carbocycles. The lowest BCUT2D eigenvalue weighted by atomic mass is 10.2. The molecule has 0 unspecified atom stereocenters. The van der Waals surface area contributed by atoms with Crippen LogP contribution in [0.1, 0.15) is 23.5 Å². The molecule has 0 bridgehead atoms. The number of benzene rings is 1. The third-order valence-electron chi connectivity index (χ3n) is 4.48. The van der Waals surface area contributed by atoms with Gasteiger partial charge in [0.15, 0.2) is 5.43 Å². The highest BCUT2D eigenvalue weighted by molar-refractivity contribution is 5.78. The van der Waals surface area contributed by atoms with Crippen molar-refractivity contribution in [3.63, 3.8) is 0 Å². The van der Waals surface area contributed by atoms with Crippen LogP contribution in [0.25, 0.3) is 10.9 Å². The molecular weight excluding hydrogens is 307 g/mol. The third kappa shape index (κ3) is 2.73. The van der Waals surface area contributed by atoms with Gasteiger partial charge in [-0.2, -0.15) is 5.10 Å². The lowest BCUT2D eigenvalue weighted by Gasteiger charge is -2.19. The van der Waals surface area contributed by atoms with Crippen molar-refractivity contribution in [1.82, 2.24) is 19.7 Å². The molecule has 5 nitrogen and oxygen atoms in total. The smallest absolute Gasteiger partial charge is 0.189 e. The second-order valence-electron chi connectivity index (χ2n) is 6.39. The number of halogens is 1. The van der Waals surface area contributed by atoms with Crippen LogP contribution in [0.2, 0.25) is 0 Å². The maximum absolute atomic E-state index is 14.0. The molecule has 1 aliphatic heterocycles. The Balaban J connectivity index is 1.64. The van der Waals surface area contributed by atoms with E-state index in [2.05, 4.69) is 25.7 Å². The summed E-state index contributed by atoms with van der Waals surface area (Å²) in [6.45, 7) is 5.18. The molecule has 3 heterocycles. The highest BCUT2D eigenvalue weighted by Gasteiger charge is 2.17. The first kappa shape index (κ1) is 15.1. The fraction of sp³-hybridized carbons (Fsp3) is 0.333. The Morgan fingerprint density at radius 3 is 3.04 bits per heavy atom. The van der Waals surface area contributed by atoms with E-state index in [1.165, 1.54) is 11.8 Å². The summed E-state index contributed by atoms with van der Waals surface area (Å²) in [5, 5.41) is 4.89. The molecule has 0 amide bonds. The van der Waals surface area contributed by atoms with E-state index in [1.807, 2.05) is 6.92 Å². The second-order valence-corrected chi connectivity index (χ2v) is 6.39. The highest BCUT2D eigenvalue weighted by atomic mass is 19.1. The van der Waals surface area contributed by atoms with Crippen molar-refractivity contribution in [3.05, 3.63) is 63.5 Å². The average Bonchev–Trinajstić information content (AvgIpc) is 2.77. The molecule has 0 saturated heterocycles. The Bertz CT molecular complexity index is 959. The van der Waals surface area contributed by atoms with Gasteiger partial charge in [0, 0.05) is 43.3 Å². The van der Waals surface area contributed by atoms with Crippen molar-refractivity contribution in [1.29, 1.82) is 0 Å². The third-order valence-corrected chi connectivity index (χ3v) is 4.48. The number of aryl methyl sites for hydroxylation is 2. The highest BCUT2D eigenvalue weighted by Crippen LogP contribution is 2.17. The molecule has 0 spiro atoms. The number of H-pyrrole nitrogens is 1. The zero-order chi connectivity index (χ0) is 16.7. The normalized spacial score (nSPS) is 15.4. The van der Waals surface area contributed by atoms with Gasteiger partial charge in [-0.05, 0) is 31.5 Å². The van der Waals surface area contributed by atoms with Gasteiger partial charge in [-0.1, -0.05) is 6.07 Å². The average molecular weight is 326 g/mol. The van der Waals surface area contributed by atoms with E-state index in [-0.39, 0.29) is 10.9 Å². The van der Waals surface area contributed by atoms with E-state index >= 15 is 0 Å². The fourth-order valence-electron chi connectivity index (χ4n) is 3.42. The summed E-state index contributed by atoms with van der Waals surface area (Å²) in [5.41, 5.74) is 3.08. The number of pyridine rings is 1. The van der Waals surface area contributed by atoms with E-state index in [0.717, 1.165) is 37.4 Å². The molecule has 124 valence electrons. The summed E-state index contributed by atoms with van der Waals surface area (Å²) in [5.74, 6) is -0.393. The Morgan fingerprint density at radius 2 is 2.17 bits per heavy atom. The molecule has 1 aromatic carbocycles. The summed E-state index contributed by atoms with van der Waals surface area (Å²) in [6.07, 6.45) is 1.00. The first-order valence-electron chi connectivity index (χ1n) is 8.16. The molecule has 1 aliphatic rings. The molecular formula is C18H19FN4O. The number of aromatic amines is 1. The number of nitrogens with one attached hydrogen (secondary N) is 1. The van der Waals surface area contributed by atoms with Gasteiger partial charge in [-0.25, -0.2) is 4.39 Å². The predicted octanol–water partition coefficient (Wildman–Crippen LogP) is 2.58. The fourth-order valence-corrected chi connectivity index (χ4v) is 3.42. The van der Waals surface area contributed by atoms with Crippen LogP contribution in [0, 0.1) is 12.7 Å². The Kier molecular flexibility index (Phi) is 3.69. The van der Waals surface area contributed by atoms with Crippen LogP contribution in [-0.4, -0.2) is 26.2 Å². The van der Waals surface area contributed by atoms with Crippen molar-refractivity contribution >= 4 is 10.9 Å². The molecule has 3 aromatic rings. The summed E-state index contributed by atoms with van der Waals surface area (Å²) in [6, 6.07) is 8.25. The molecule has 1 N–H and O–H groups in total. The van der Waals surface area contributed by atoms with E-state index in [0.29, 0.717) is 11.9 Å². The van der Waals surface area contributed by atoms with Crippen molar-refractivity contribution in [2.45, 2.75) is 33.0 Å². The van der Waals surface area contributed by atoms with Gasteiger partial charge in [0.25, 0.3) is 0 Å². The number of rotatable bonds is 2. The molecule has 4 rings (SSSR count). The monoisotopic (exact) mass is 326 g/mol. The first-order chi connectivity index (χ1) is 11.6. The minimum absolute atomic E-state index is 0.144. The predicted molar refractivity (Wildman–Crippen MR) is 90.2 cm³/mol. The van der Waals surface area contributed by atoms with Crippen LogP contribution in [-0.2, 0) is 19.6 Å². The van der Waals surface area contributed by atoms with Gasteiger partial charge in [-0.15, -0.1) is 0 Å². The number of para-hydroxylation sites is 1. The largest absolute Gasteiger partial charge is 0.355 e. The van der Waals surface area contributed by atoms with Gasteiger partial charge in [0.2, 0.25) is 0 Å². The number of hydrogen-bond donors (Lipinski definition) is 1. The Morgan fingerprint density at radius 1 is 1.29 bits per heavy atom. The lowest BCUT2D eigenvalue weighted by Crippen LogP contribution is -2.24. The minimum atomic E-state index is -0.393. The van der Waals surface area contributed by atoms with Gasteiger partial charge in [0.1, 0.15) is 5.82 Å². The zero-order valence-corrected chi connectivity index (χ0v) is 13.6. The number of nitrogens with zero attached hydrogens (tertiary/aromatic N) is 3. The standard InChI is InChI=1S/C18H19FN4O/c1-12-8-14-11-22(6-3-7-23(14)21-12)10-13-9-17(24)15-4-2-5-16(19)18(15)20-13/h2,4-5,8-9H,3,6-7,10-11H2,1H3,(H,20,24). The molecule has 0 radical (unpaired) electrons. The summed E-state index contributed by atoms with van der Waals surface area (Å²) in [4.78, 5) is 17.6. The molecule has 6 heteroatoms. The van der Waals surface area contributed by atoms with Gasteiger partial charge in [-0.3, -0.25) is 14.4 Å². The van der Waals surface area contributed by atoms with E-state index < -0.39 is 5.82 Å². The first-order valence-corrected chi connectivity index (χ1v) is 8.16. The van der Waals surface area contributed by atoms with Crippen molar-refractivity contribution in [2.75, 3.05) is 6.54 Å².